The molecule has 1 heterocycles. The van der Waals surface area contributed by atoms with Crippen LogP contribution in [0.5, 0.6) is 0 Å². The molecule has 0 spiro atoms. The lowest BCUT2D eigenvalue weighted by atomic mass is 10.3. The average molecular weight is 267 g/mol. The molecule has 0 radical (unpaired) electrons. The van der Waals surface area contributed by atoms with Crippen LogP contribution < -0.4 is 5.32 Å². The third-order valence-corrected chi connectivity index (χ3v) is 3.39. The molecule has 0 aliphatic rings. The predicted octanol–water partition coefficient (Wildman–Crippen LogP) is 1.26. The minimum atomic E-state index is -0.106. The van der Waals surface area contributed by atoms with Gasteiger partial charge in [-0.1, -0.05) is 6.92 Å². The first-order valence-corrected chi connectivity index (χ1v) is 6.69. The van der Waals surface area contributed by atoms with Crippen LogP contribution in [0.3, 0.4) is 0 Å². The monoisotopic (exact) mass is 267 g/mol. The van der Waals surface area contributed by atoms with E-state index in [0.29, 0.717) is 30.1 Å². The fraction of sp³-hybridized carbons (Fsp3) is 0.500. The SMILES string of the molecule is CCN(CCO)CCC(=O)Nc1sccc1C#N. The van der Waals surface area contributed by atoms with Gasteiger partial charge in [-0.3, -0.25) is 4.79 Å². The Morgan fingerprint density at radius 3 is 3.00 bits per heavy atom. The number of nitrogens with one attached hydrogen (secondary N) is 1. The minimum Gasteiger partial charge on any atom is -0.395 e. The molecular weight excluding hydrogens is 250 g/mol. The highest BCUT2D eigenvalue weighted by Gasteiger charge is 2.09. The highest BCUT2D eigenvalue weighted by molar-refractivity contribution is 7.14. The number of likely N-dealkylation sites (N-methyl/N-ethyl adjacent to an activating group) is 1. The summed E-state index contributed by atoms with van der Waals surface area (Å²) in [5.41, 5.74) is 0.496. The topological polar surface area (TPSA) is 76.4 Å². The Bertz CT molecular complexity index is 425. The summed E-state index contributed by atoms with van der Waals surface area (Å²) in [6.07, 6.45) is 0.358. The van der Waals surface area contributed by atoms with Gasteiger partial charge in [0.1, 0.15) is 11.1 Å². The van der Waals surface area contributed by atoms with Crippen LogP contribution in [-0.2, 0) is 4.79 Å². The van der Waals surface area contributed by atoms with Crippen molar-refractivity contribution in [2.45, 2.75) is 13.3 Å². The molecule has 0 atom stereocenters. The summed E-state index contributed by atoms with van der Waals surface area (Å²) in [4.78, 5) is 13.7. The van der Waals surface area contributed by atoms with E-state index >= 15 is 0 Å². The molecule has 98 valence electrons. The molecule has 0 aliphatic carbocycles. The number of nitriles is 1. The summed E-state index contributed by atoms with van der Waals surface area (Å²) in [6, 6.07) is 3.71. The van der Waals surface area contributed by atoms with Gasteiger partial charge in [0.15, 0.2) is 0 Å². The van der Waals surface area contributed by atoms with E-state index < -0.39 is 0 Å². The second kappa shape index (κ2) is 7.82. The maximum absolute atomic E-state index is 11.7. The number of carbonyl (C=O) groups excluding carboxylic acids is 1. The van der Waals surface area contributed by atoms with Gasteiger partial charge in [0, 0.05) is 19.5 Å². The highest BCUT2D eigenvalue weighted by Crippen LogP contribution is 2.22. The normalized spacial score (nSPS) is 10.3. The van der Waals surface area contributed by atoms with Crippen LogP contribution in [0.25, 0.3) is 0 Å². The molecule has 1 aromatic heterocycles. The van der Waals surface area contributed by atoms with Crippen molar-refractivity contribution in [3.63, 3.8) is 0 Å². The Balaban J connectivity index is 2.40. The number of carbonyl (C=O) groups is 1. The largest absolute Gasteiger partial charge is 0.395 e. The molecule has 0 aromatic carbocycles. The van der Waals surface area contributed by atoms with Crippen molar-refractivity contribution >= 4 is 22.2 Å². The fourth-order valence-corrected chi connectivity index (χ4v) is 2.27. The first kappa shape index (κ1) is 14.6. The maximum Gasteiger partial charge on any atom is 0.226 e. The third-order valence-electron chi connectivity index (χ3n) is 2.56. The van der Waals surface area contributed by atoms with E-state index in [1.807, 2.05) is 17.9 Å². The van der Waals surface area contributed by atoms with Crippen molar-refractivity contribution in [2.24, 2.45) is 0 Å². The highest BCUT2D eigenvalue weighted by atomic mass is 32.1. The molecule has 18 heavy (non-hydrogen) atoms. The van der Waals surface area contributed by atoms with Crippen LogP contribution >= 0.6 is 11.3 Å². The molecule has 2 N–H and O–H groups in total. The van der Waals surface area contributed by atoms with Gasteiger partial charge < -0.3 is 15.3 Å². The maximum atomic E-state index is 11.7. The molecule has 0 saturated carbocycles. The van der Waals surface area contributed by atoms with Gasteiger partial charge in [0.05, 0.1) is 12.2 Å². The van der Waals surface area contributed by atoms with Crippen LogP contribution in [0.15, 0.2) is 11.4 Å². The number of anilines is 1. The van der Waals surface area contributed by atoms with Crippen LogP contribution in [0, 0.1) is 11.3 Å². The first-order valence-electron chi connectivity index (χ1n) is 5.82. The summed E-state index contributed by atoms with van der Waals surface area (Å²) in [5.74, 6) is -0.106. The van der Waals surface area contributed by atoms with Gasteiger partial charge >= 0.3 is 0 Å². The van der Waals surface area contributed by atoms with Crippen molar-refractivity contribution in [1.82, 2.24) is 4.90 Å². The molecule has 1 amide bonds. The molecular formula is C12H17N3O2S. The Morgan fingerprint density at radius 1 is 1.61 bits per heavy atom. The summed E-state index contributed by atoms with van der Waals surface area (Å²) < 4.78 is 0. The van der Waals surface area contributed by atoms with E-state index in [0.717, 1.165) is 6.54 Å². The Kier molecular flexibility index (Phi) is 6.36. The number of thiophene rings is 1. The molecule has 5 nitrogen and oxygen atoms in total. The van der Waals surface area contributed by atoms with Crippen LogP contribution in [0.2, 0.25) is 0 Å². The molecule has 1 aromatic rings. The smallest absolute Gasteiger partial charge is 0.226 e. The third kappa shape index (κ3) is 4.45. The van der Waals surface area contributed by atoms with E-state index in [1.165, 1.54) is 11.3 Å². The van der Waals surface area contributed by atoms with Gasteiger partial charge in [-0.05, 0) is 18.0 Å². The predicted molar refractivity (Wildman–Crippen MR) is 71.5 cm³/mol. The Morgan fingerprint density at radius 2 is 2.39 bits per heavy atom. The zero-order valence-electron chi connectivity index (χ0n) is 10.3. The zero-order chi connectivity index (χ0) is 13.4. The second-order valence-corrected chi connectivity index (χ2v) is 4.65. The van der Waals surface area contributed by atoms with Crippen LogP contribution in [-0.4, -0.2) is 42.2 Å². The summed E-state index contributed by atoms with van der Waals surface area (Å²) in [5, 5.41) is 22.8. The van der Waals surface area contributed by atoms with Crippen molar-refractivity contribution in [1.29, 1.82) is 5.26 Å². The Labute approximate surface area is 111 Å². The molecule has 6 heteroatoms. The van der Waals surface area contributed by atoms with Crippen molar-refractivity contribution < 1.29 is 9.90 Å². The van der Waals surface area contributed by atoms with E-state index in [1.54, 1.807) is 11.4 Å². The number of aliphatic hydroxyl groups excluding tert-OH is 1. The Hall–Kier alpha value is -1.42. The standard InChI is InChI=1S/C12H17N3O2S/c1-2-15(6-7-16)5-3-11(17)14-12-10(9-13)4-8-18-12/h4,8,16H,2-3,5-7H2,1H3,(H,14,17). The number of rotatable bonds is 7. The molecule has 0 saturated heterocycles. The van der Waals surface area contributed by atoms with Gasteiger partial charge in [0.25, 0.3) is 0 Å². The van der Waals surface area contributed by atoms with Gasteiger partial charge in [-0.25, -0.2) is 0 Å². The number of nitrogens with zero attached hydrogens (tertiary/aromatic N) is 2. The molecule has 0 unspecified atom stereocenters. The molecule has 0 bridgehead atoms. The number of hydrogen-bond donors (Lipinski definition) is 2. The van der Waals surface area contributed by atoms with Crippen LogP contribution in [0.1, 0.15) is 18.9 Å². The quantitative estimate of drug-likeness (QED) is 0.780. The zero-order valence-corrected chi connectivity index (χ0v) is 11.2. The van der Waals surface area contributed by atoms with Crippen LogP contribution in [0.4, 0.5) is 5.00 Å². The second-order valence-electron chi connectivity index (χ2n) is 3.73. The fourth-order valence-electron chi connectivity index (χ4n) is 1.51. The van der Waals surface area contributed by atoms with E-state index in [2.05, 4.69) is 5.32 Å². The van der Waals surface area contributed by atoms with Crippen molar-refractivity contribution in [3.8, 4) is 6.07 Å². The summed E-state index contributed by atoms with van der Waals surface area (Å²) in [7, 11) is 0. The molecule has 0 aliphatic heterocycles. The van der Waals surface area contributed by atoms with E-state index in [-0.39, 0.29) is 12.5 Å². The lowest BCUT2D eigenvalue weighted by molar-refractivity contribution is -0.116. The summed E-state index contributed by atoms with van der Waals surface area (Å²) in [6.45, 7) is 4.07. The van der Waals surface area contributed by atoms with Crippen molar-refractivity contribution in [2.75, 3.05) is 31.6 Å². The van der Waals surface area contributed by atoms with Gasteiger partial charge in [-0.15, -0.1) is 11.3 Å². The lowest BCUT2D eigenvalue weighted by Crippen LogP contribution is -2.30. The number of aliphatic hydroxyl groups is 1. The molecule has 0 fully saturated rings. The molecule has 1 rings (SSSR count). The lowest BCUT2D eigenvalue weighted by Gasteiger charge is -2.18. The first-order chi connectivity index (χ1) is 8.71. The van der Waals surface area contributed by atoms with Gasteiger partial charge in [-0.2, -0.15) is 5.26 Å². The minimum absolute atomic E-state index is 0.0962. The average Bonchev–Trinajstić information content (AvgIpc) is 2.81. The number of amides is 1. The van der Waals surface area contributed by atoms with E-state index in [9.17, 15) is 4.79 Å². The number of hydrogen-bond acceptors (Lipinski definition) is 5. The van der Waals surface area contributed by atoms with Gasteiger partial charge in [0.2, 0.25) is 5.91 Å². The summed E-state index contributed by atoms with van der Waals surface area (Å²) >= 11 is 1.34. The van der Waals surface area contributed by atoms with E-state index in [4.69, 9.17) is 10.4 Å². The van der Waals surface area contributed by atoms with Crippen molar-refractivity contribution in [3.05, 3.63) is 17.0 Å².